The largest absolute Gasteiger partial charge is 0.469 e. The van der Waals surface area contributed by atoms with E-state index in [2.05, 4.69) is 10.6 Å². The number of fused-ring (bicyclic) bond motifs is 1. The number of ether oxygens (including phenoxy) is 2. The third kappa shape index (κ3) is 4.13. The number of nitrogens with one attached hydrogen (secondary N) is 2. The summed E-state index contributed by atoms with van der Waals surface area (Å²) in [4.78, 5) is 0. The molecule has 0 saturated carbocycles. The van der Waals surface area contributed by atoms with Crippen molar-refractivity contribution in [2.24, 2.45) is 0 Å². The highest BCUT2D eigenvalue weighted by molar-refractivity contribution is 7.80. The van der Waals surface area contributed by atoms with Crippen LogP contribution in [0.5, 0.6) is 0 Å². The number of alkyl halides is 3. The van der Waals surface area contributed by atoms with Gasteiger partial charge in [0.05, 0.1) is 10.6 Å². The third-order valence-corrected chi connectivity index (χ3v) is 4.72. The standard InChI is InChI=1S/C17H16ClF3N2O2S/c1-16-7-11(3-5-14(16)24-9-25-16)23-15(26)22-8-10-2-4-13(18)12(6-10)17(19,20)21/h2-6H,7-9H2,1H3,(H2,22,23,26). The predicted molar refractivity (Wildman–Crippen MR) is 95.3 cm³/mol. The van der Waals surface area contributed by atoms with Gasteiger partial charge in [0.2, 0.25) is 0 Å². The monoisotopic (exact) mass is 404 g/mol. The first kappa shape index (κ1) is 19.0. The van der Waals surface area contributed by atoms with E-state index in [0.29, 0.717) is 17.1 Å². The topological polar surface area (TPSA) is 42.5 Å². The lowest BCUT2D eigenvalue weighted by Crippen LogP contribution is -2.38. The summed E-state index contributed by atoms with van der Waals surface area (Å²) in [5.74, 6) is 0.766. The molecule has 2 aliphatic rings. The zero-order valence-electron chi connectivity index (χ0n) is 13.7. The highest BCUT2D eigenvalue weighted by Gasteiger charge is 2.39. The van der Waals surface area contributed by atoms with Gasteiger partial charge in [0, 0.05) is 18.7 Å². The van der Waals surface area contributed by atoms with Gasteiger partial charge in [-0.25, -0.2) is 0 Å². The number of thiocarbonyl (C=S) groups is 1. The molecular formula is C17H16ClF3N2O2S. The molecule has 0 spiro atoms. The number of hydrogen-bond donors (Lipinski definition) is 2. The molecule has 1 saturated heterocycles. The molecule has 2 N–H and O–H groups in total. The second-order valence-corrected chi connectivity index (χ2v) is 6.97. The Morgan fingerprint density at radius 2 is 2.12 bits per heavy atom. The van der Waals surface area contributed by atoms with E-state index < -0.39 is 17.3 Å². The summed E-state index contributed by atoms with van der Waals surface area (Å²) in [5.41, 5.74) is -0.141. The molecule has 1 atom stereocenters. The lowest BCUT2D eigenvalue weighted by atomic mass is 9.93. The predicted octanol–water partition coefficient (Wildman–Crippen LogP) is 4.26. The van der Waals surface area contributed by atoms with Crippen LogP contribution in [0.15, 0.2) is 41.8 Å². The van der Waals surface area contributed by atoms with Gasteiger partial charge in [0.1, 0.15) is 11.4 Å². The van der Waals surface area contributed by atoms with E-state index in [-0.39, 0.29) is 18.4 Å². The first-order chi connectivity index (χ1) is 12.2. The smallest absolute Gasteiger partial charge is 0.417 e. The average molecular weight is 405 g/mol. The van der Waals surface area contributed by atoms with Crippen molar-refractivity contribution < 1.29 is 22.6 Å². The van der Waals surface area contributed by atoms with Gasteiger partial charge in [0.15, 0.2) is 11.9 Å². The maximum Gasteiger partial charge on any atom is 0.417 e. The Kier molecular flexibility index (Phi) is 5.18. The van der Waals surface area contributed by atoms with Crippen molar-refractivity contribution in [3.8, 4) is 0 Å². The molecule has 1 fully saturated rings. The van der Waals surface area contributed by atoms with Gasteiger partial charge in [-0.3, -0.25) is 0 Å². The lowest BCUT2D eigenvalue weighted by molar-refractivity contribution is -0.137. The van der Waals surface area contributed by atoms with Gasteiger partial charge in [-0.15, -0.1) is 0 Å². The molecule has 1 aliphatic carbocycles. The second kappa shape index (κ2) is 7.09. The van der Waals surface area contributed by atoms with Gasteiger partial charge < -0.3 is 20.1 Å². The van der Waals surface area contributed by atoms with Gasteiger partial charge in [-0.2, -0.15) is 13.2 Å². The van der Waals surface area contributed by atoms with E-state index in [1.54, 1.807) is 0 Å². The maximum atomic E-state index is 12.9. The molecule has 1 aliphatic heterocycles. The molecule has 1 aromatic carbocycles. The molecule has 1 heterocycles. The Balaban J connectivity index is 1.59. The van der Waals surface area contributed by atoms with Crippen molar-refractivity contribution in [2.45, 2.75) is 31.7 Å². The SMILES string of the molecule is CC12CC(NC(=S)NCc3ccc(Cl)c(C(F)(F)F)c3)=CC=C1OCO2. The van der Waals surface area contributed by atoms with E-state index in [1.807, 2.05) is 19.1 Å². The molecule has 0 amide bonds. The van der Waals surface area contributed by atoms with Crippen molar-refractivity contribution in [3.05, 3.63) is 58.0 Å². The molecule has 26 heavy (non-hydrogen) atoms. The summed E-state index contributed by atoms with van der Waals surface area (Å²) in [5, 5.41) is 5.90. The van der Waals surface area contributed by atoms with Crippen LogP contribution in [0.3, 0.4) is 0 Å². The fourth-order valence-electron chi connectivity index (χ4n) is 2.77. The van der Waals surface area contributed by atoms with Crippen LogP contribution in [0.2, 0.25) is 5.02 Å². The maximum absolute atomic E-state index is 12.9. The van der Waals surface area contributed by atoms with E-state index >= 15 is 0 Å². The Labute approximate surface area is 159 Å². The first-order valence-corrected chi connectivity index (χ1v) is 8.54. The first-order valence-electron chi connectivity index (χ1n) is 7.76. The van der Waals surface area contributed by atoms with Crippen LogP contribution in [-0.4, -0.2) is 17.5 Å². The molecule has 0 bridgehead atoms. The van der Waals surface area contributed by atoms with E-state index in [9.17, 15) is 13.2 Å². The minimum Gasteiger partial charge on any atom is -0.469 e. The fraction of sp³-hybridized carbons (Fsp3) is 0.353. The van der Waals surface area contributed by atoms with Crippen LogP contribution in [-0.2, 0) is 22.2 Å². The quantitative estimate of drug-likeness (QED) is 0.737. The number of halogens is 4. The Morgan fingerprint density at radius 3 is 2.85 bits per heavy atom. The molecule has 0 aromatic heterocycles. The number of rotatable bonds is 3. The van der Waals surface area contributed by atoms with Gasteiger partial charge >= 0.3 is 6.18 Å². The van der Waals surface area contributed by atoms with Crippen LogP contribution in [0.25, 0.3) is 0 Å². The molecule has 9 heteroatoms. The summed E-state index contributed by atoms with van der Waals surface area (Å²) in [6.45, 7) is 2.27. The molecule has 1 unspecified atom stereocenters. The molecule has 1 aromatic rings. The van der Waals surface area contributed by atoms with Crippen LogP contribution in [0.1, 0.15) is 24.5 Å². The van der Waals surface area contributed by atoms with Gasteiger partial charge in [-0.05, 0) is 49.0 Å². The Morgan fingerprint density at radius 1 is 1.35 bits per heavy atom. The Hall–Kier alpha value is -1.77. The minimum absolute atomic E-state index is 0.136. The molecule has 0 radical (unpaired) electrons. The molecule has 4 nitrogen and oxygen atoms in total. The van der Waals surface area contributed by atoms with Gasteiger partial charge in [0.25, 0.3) is 0 Å². The van der Waals surface area contributed by atoms with Gasteiger partial charge in [-0.1, -0.05) is 17.7 Å². The van der Waals surface area contributed by atoms with Crippen molar-refractivity contribution in [1.29, 1.82) is 0 Å². The highest BCUT2D eigenvalue weighted by atomic mass is 35.5. The van der Waals surface area contributed by atoms with E-state index in [4.69, 9.17) is 33.3 Å². The average Bonchev–Trinajstić information content (AvgIpc) is 2.93. The Bertz CT molecular complexity index is 795. The van der Waals surface area contributed by atoms with Crippen LogP contribution >= 0.6 is 23.8 Å². The lowest BCUT2D eigenvalue weighted by Gasteiger charge is -2.27. The fourth-order valence-corrected chi connectivity index (χ4v) is 3.19. The number of allylic oxidation sites excluding steroid dienone is 2. The number of benzene rings is 1. The number of hydrogen-bond acceptors (Lipinski definition) is 3. The van der Waals surface area contributed by atoms with Crippen molar-refractivity contribution >= 4 is 28.9 Å². The summed E-state index contributed by atoms with van der Waals surface area (Å²) >= 11 is 10.8. The highest BCUT2D eigenvalue weighted by Crippen LogP contribution is 2.37. The van der Waals surface area contributed by atoms with Crippen LogP contribution < -0.4 is 10.6 Å². The summed E-state index contributed by atoms with van der Waals surface area (Å²) in [7, 11) is 0. The van der Waals surface area contributed by atoms with Crippen molar-refractivity contribution in [1.82, 2.24) is 10.6 Å². The molecule has 140 valence electrons. The zero-order chi connectivity index (χ0) is 18.9. The second-order valence-electron chi connectivity index (χ2n) is 6.16. The summed E-state index contributed by atoms with van der Waals surface area (Å²) < 4.78 is 49.7. The normalized spacial score (nSPS) is 22.0. The molecular weight excluding hydrogens is 389 g/mol. The summed E-state index contributed by atoms with van der Waals surface area (Å²) in [6.07, 6.45) is -0.290. The minimum atomic E-state index is -4.50. The zero-order valence-corrected chi connectivity index (χ0v) is 15.3. The van der Waals surface area contributed by atoms with Crippen molar-refractivity contribution in [2.75, 3.05) is 6.79 Å². The van der Waals surface area contributed by atoms with Crippen LogP contribution in [0, 0.1) is 0 Å². The third-order valence-electron chi connectivity index (χ3n) is 4.14. The molecule has 3 rings (SSSR count). The van der Waals surface area contributed by atoms with Crippen molar-refractivity contribution in [3.63, 3.8) is 0 Å². The van der Waals surface area contributed by atoms with E-state index in [1.165, 1.54) is 12.1 Å². The summed E-state index contributed by atoms with van der Waals surface area (Å²) in [6, 6.07) is 3.76. The van der Waals surface area contributed by atoms with E-state index in [0.717, 1.165) is 17.5 Å². The van der Waals surface area contributed by atoms with Crippen LogP contribution in [0.4, 0.5) is 13.2 Å².